The number of carboxylic acid groups (broad SMARTS) is 1. The fourth-order valence-corrected chi connectivity index (χ4v) is 0.665. The molecule has 1 aromatic rings. The molecular formula is C5H8N4O2. The molecule has 0 saturated carbocycles. The van der Waals surface area contributed by atoms with E-state index in [1.54, 1.807) is 7.05 Å². The minimum atomic E-state index is -0.944. The molecule has 0 amide bonds. The molecule has 3 N–H and O–H groups in total. The lowest BCUT2D eigenvalue weighted by atomic mass is 10.4. The van der Waals surface area contributed by atoms with Crippen LogP contribution in [0.15, 0.2) is 0 Å². The Morgan fingerprint density at radius 2 is 2.36 bits per heavy atom. The molecule has 0 spiro atoms. The van der Waals surface area contributed by atoms with E-state index < -0.39 is 5.97 Å². The van der Waals surface area contributed by atoms with Gasteiger partial charge in [0.25, 0.3) is 0 Å². The van der Waals surface area contributed by atoms with Gasteiger partial charge >= 0.3 is 5.97 Å². The Hall–Kier alpha value is -1.59. The van der Waals surface area contributed by atoms with Crippen LogP contribution in [0.1, 0.15) is 5.82 Å². The minimum absolute atomic E-state index is 0.152. The molecule has 6 heteroatoms. The molecule has 1 aromatic heterocycles. The molecule has 1 heterocycles. The second-order valence-corrected chi connectivity index (χ2v) is 2.10. The van der Waals surface area contributed by atoms with Gasteiger partial charge in [-0.25, -0.2) is 0 Å². The molecule has 60 valence electrons. The third-order valence-electron chi connectivity index (χ3n) is 1.31. The number of anilines is 1. The van der Waals surface area contributed by atoms with Crippen molar-refractivity contribution in [1.82, 2.24) is 14.8 Å². The van der Waals surface area contributed by atoms with E-state index in [1.807, 2.05) is 0 Å². The van der Waals surface area contributed by atoms with Crippen LogP contribution in [0.3, 0.4) is 0 Å². The standard InChI is InChI=1S/C5H8N4O2/c1-9-3(2-4(10)11)7-8-5(9)6/h2H2,1H3,(H2,6,8)(H,10,11). The number of nitrogen functional groups attached to an aromatic ring is 1. The number of hydrogen-bond donors (Lipinski definition) is 2. The molecule has 0 saturated heterocycles. The topological polar surface area (TPSA) is 94.0 Å². The van der Waals surface area contributed by atoms with Gasteiger partial charge in [-0.05, 0) is 0 Å². The van der Waals surface area contributed by atoms with Gasteiger partial charge in [0.15, 0.2) is 0 Å². The SMILES string of the molecule is Cn1c(N)nnc1CC(=O)O. The fourth-order valence-electron chi connectivity index (χ4n) is 0.665. The molecule has 0 fully saturated rings. The van der Waals surface area contributed by atoms with E-state index in [1.165, 1.54) is 4.57 Å². The summed E-state index contributed by atoms with van der Waals surface area (Å²) in [5.74, 6) is -0.364. The van der Waals surface area contributed by atoms with Crippen LogP contribution < -0.4 is 5.73 Å². The van der Waals surface area contributed by atoms with Gasteiger partial charge in [-0.2, -0.15) is 0 Å². The molecule has 0 radical (unpaired) electrons. The third-order valence-corrected chi connectivity index (χ3v) is 1.31. The Labute approximate surface area is 62.6 Å². The number of carboxylic acids is 1. The van der Waals surface area contributed by atoms with Crippen molar-refractivity contribution >= 4 is 11.9 Å². The molecule has 0 aliphatic heterocycles. The fraction of sp³-hybridized carbons (Fsp3) is 0.400. The first-order valence-electron chi connectivity index (χ1n) is 2.97. The van der Waals surface area contributed by atoms with Crippen LogP contribution in [0.25, 0.3) is 0 Å². The largest absolute Gasteiger partial charge is 0.481 e. The van der Waals surface area contributed by atoms with Gasteiger partial charge in [0.05, 0.1) is 0 Å². The lowest BCUT2D eigenvalue weighted by molar-refractivity contribution is -0.136. The summed E-state index contributed by atoms with van der Waals surface area (Å²) in [7, 11) is 1.62. The number of hydrogen-bond acceptors (Lipinski definition) is 4. The molecule has 0 aromatic carbocycles. The molecule has 0 aliphatic rings. The van der Waals surface area contributed by atoms with E-state index in [2.05, 4.69) is 10.2 Å². The zero-order valence-electron chi connectivity index (χ0n) is 5.98. The summed E-state index contributed by atoms with van der Waals surface area (Å²) in [6.45, 7) is 0. The summed E-state index contributed by atoms with van der Waals surface area (Å²) >= 11 is 0. The second-order valence-electron chi connectivity index (χ2n) is 2.10. The zero-order chi connectivity index (χ0) is 8.43. The second kappa shape index (κ2) is 2.57. The van der Waals surface area contributed by atoms with Crippen molar-refractivity contribution in [2.45, 2.75) is 6.42 Å². The van der Waals surface area contributed by atoms with Gasteiger partial charge in [0.1, 0.15) is 12.2 Å². The molecule has 0 bridgehead atoms. The van der Waals surface area contributed by atoms with E-state index >= 15 is 0 Å². The van der Waals surface area contributed by atoms with E-state index in [-0.39, 0.29) is 12.4 Å². The molecule has 6 nitrogen and oxygen atoms in total. The van der Waals surface area contributed by atoms with Crippen LogP contribution in [0.4, 0.5) is 5.95 Å². The Bertz CT molecular complexity index is 280. The minimum Gasteiger partial charge on any atom is -0.481 e. The van der Waals surface area contributed by atoms with Crippen molar-refractivity contribution in [3.05, 3.63) is 5.82 Å². The average molecular weight is 156 g/mol. The number of aromatic nitrogens is 3. The quantitative estimate of drug-likeness (QED) is 0.574. The number of aliphatic carboxylic acids is 1. The summed E-state index contributed by atoms with van der Waals surface area (Å²) < 4.78 is 1.44. The predicted molar refractivity (Wildman–Crippen MR) is 36.8 cm³/mol. The number of rotatable bonds is 2. The molecule has 0 aliphatic carbocycles. The van der Waals surface area contributed by atoms with Crippen LogP contribution in [0, 0.1) is 0 Å². The highest BCUT2D eigenvalue weighted by Gasteiger charge is 2.08. The third kappa shape index (κ3) is 1.46. The van der Waals surface area contributed by atoms with Crippen LogP contribution in [-0.2, 0) is 18.3 Å². The zero-order valence-corrected chi connectivity index (χ0v) is 5.98. The van der Waals surface area contributed by atoms with Gasteiger partial charge in [-0.1, -0.05) is 0 Å². The highest BCUT2D eigenvalue weighted by atomic mass is 16.4. The van der Waals surface area contributed by atoms with Gasteiger partial charge in [0.2, 0.25) is 5.95 Å². The Kier molecular flexibility index (Phi) is 1.75. The van der Waals surface area contributed by atoms with Crippen molar-refractivity contribution in [2.24, 2.45) is 7.05 Å². The Morgan fingerprint density at radius 1 is 1.73 bits per heavy atom. The maximum absolute atomic E-state index is 10.2. The number of nitrogens with zero attached hydrogens (tertiary/aromatic N) is 3. The molecule has 0 atom stereocenters. The smallest absolute Gasteiger partial charge is 0.311 e. The van der Waals surface area contributed by atoms with Crippen molar-refractivity contribution < 1.29 is 9.90 Å². The van der Waals surface area contributed by atoms with E-state index in [4.69, 9.17) is 10.8 Å². The normalized spacial score (nSPS) is 9.91. The summed E-state index contributed by atoms with van der Waals surface area (Å²) in [6, 6.07) is 0. The van der Waals surface area contributed by atoms with Gasteiger partial charge in [-0.15, -0.1) is 10.2 Å². The molecule has 0 unspecified atom stereocenters. The van der Waals surface area contributed by atoms with Crippen molar-refractivity contribution in [2.75, 3.05) is 5.73 Å². The van der Waals surface area contributed by atoms with Crippen LogP contribution in [-0.4, -0.2) is 25.8 Å². The van der Waals surface area contributed by atoms with Crippen LogP contribution >= 0.6 is 0 Å². The van der Waals surface area contributed by atoms with Gasteiger partial charge in [-0.3, -0.25) is 4.79 Å². The first kappa shape index (κ1) is 7.52. The van der Waals surface area contributed by atoms with Crippen molar-refractivity contribution in [1.29, 1.82) is 0 Å². The summed E-state index contributed by atoms with van der Waals surface area (Å²) in [4.78, 5) is 10.2. The monoisotopic (exact) mass is 156 g/mol. The first-order chi connectivity index (χ1) is 5.11. The maximum atomic E-state index is 10.2. The van der Waals surface area contributed by atoms with E-state index in [9.17, 15) is 4.79 Å². The van der Waals surface area contributed by atoms with Crippen molar-refractivity contribution in [3.63, 3.8) is 0 Å². The lowest BCUT2D eigenvalue weighted by Crippen LogP contribution is -2.07. The van der Waals surface area contributed by atoms with Gasteiger partial charge < -0.3 is 15.4 Å². The highest BCUT2D eigenvalue weighted by Crippen LogP contribution is 1.99. The number of nitrogens with two attached hydrogens (primary N) is 1. The summed E-state index contributed by atoms with van der Waals surface area (Å²) in [5.41, 5.74) is 5.31. The van der Waals surface area contributed by atoms with Crippen LogP contribution in [0.2, 0.25) is 0 Å². The molecule has 11 heavy (non-hydrogen) atoms. The summed E-state index contributed by atoms with van der Waals surface area (Å²) in [5, 5.41) is 15.4. The molecular weight excluding hydrogens is 148 g/mol. The molecule has 1 rings (SSSR count). The summed E-state index contributed by atoms with van der Waals surface area (Å²) in [6.07, 6.45) is -0.152. The Balaban J connectivity index is 2.87. The van der Waals surface area contributed by atoms with Crippen molar-refractivity contribution in [3.8, 4) is 0 Å². The maximum Gasteiger partial charge on any atom is 0.311 e. The highest BCUT2D eigenvalue weighted by molar-refractivity contribution is 5.69. The van der Waals surface area contributed by atoms with Crippen LogP contribution in [0.5, 0.6) is 0 Å². The predicted octanol–water partition coefficient (Wildman–Crippen LogP) is -0.976. The van der Waals surface area contributed by atoms with Gasteiger partial charge in [0, 0.05) is 7.05 Å². The van der Waals surface area contributed by atoms with E-state index in [0.717, 1.165) is 0 Å². The Morgan fingerprint density at radius 3 is 2.73 bits per heavy atom. The lowest BCUT2D eigenvalue weighted by Gasteiger charge is -1.95. The van der Waals surface area contributed by atoms with E-state index in [0.29, 0.717) is 5.82 Å². The average Bonchev–Trinajstić information content (AvgIpc) is 2.18. The first-order valence-corrected chi connectivity index (χ1v) is 2.97. The number of carbonyl (C=O) groups is 1.